The van der Waals surface area contributed by atoms with E-state index in [0.29, 0.717) is 13.1 Å². The fourth-order valence-corrected chi connectivity index (χ4v) is 1.48. The minimum absolute atomic E-state index is 0.0540. The predicted molar refractivity (Wildman–Crippen MR) is 69.0 cm³/mol. The lowest BCUT2D eigenvalue weighted by atomic mass is 10.1. The van der Waals surface area contributed by atoms with Gasteiger partial charge in [0.2, 0.25) is 5.88 Å². The first kappa shape index (κ1) is 15.3. The smallest absolute Gasteiger partial charge is 0.391 e. The SMILES string of the molecule is COCC(=O)N1CCNC=C1OC(=O)NC(C)(C)C. The molecule has 0 spiro atoms. The third-order valence-electron chi connectivity index (χ3n) is 2.21. The molecule has 0 aliphatic carbocycles. The molecular weight excluding hydrogens is 250 g/mol. The van der Waals surface area contributed by atoms with Crippen LogP contribution in [0.5, 0.6) is 0 Å². The van der Waals surface area contributed by atoms with Crippen molar-refractivity contribution >= 4 is 12.0 Å². The molecule has 0 aromatic rings. The average Bonchev–Trinajstić information content (AvgIpc) is 2.27. The van der Waals surface area contributed by atoms with Gasteiger partial charge in [-0.3, -0.25) is 9.69 Å². The molecule has 0 saturated heterocycles. The molecule has 2 amide bonds. The van der Waals surface area contributed by atoms with E-state index in [1.165, 1.54) is 18.2 Å². The molecule has 1 heterocycles. The van der Waals surface area contributed by atoms with E-state index in [1.54, 1.807) is 0 Å². The number of amides is 2. The summed E-state index contributed by atoms with van der Waals surface area (Å²) in [6.45, 7) is 6.50. The molecule has 0 atom stereocenters. The number of rotatable bonds is 3. The Morgan fingerprint density at radius 3 is 2.74 bits per heavy atom. The maximum Gasteiger partial charge on any atom is 0.414 e. The van der Waals surface area contributed by atoms with E-state index in [2.05, 4.69) is 10.6 Å². The van der Waals surface area contributed by atoms with Crippen LogP contribution in [0.25, 0.3) is 0 Å². The second-order valence-corrected chi connectivity index (χ2v) is 5.18. The van der Waals surface area contributed by atoms with E-state index in [1.807, 2.05) is 20.8 Å². The fourth-order valence-electron chi connectivity index (χ4n) is 1.48. The third-order valence-corrected chi connectivity index (χ3v) is 2.21. The Morgan fingerprint density at radius 2 is 2.16 bits per heavy atom. The zero-order valence-corrected chi connectivity index (χ0v) is 11.8. The molecule has 2 N–H and O–H groups in total. The van der Waals surface area contributed by atoms with Crippen molar-refractivity contribution in [3.8, 4) is 0 Å². The van der Waals surface area contributed by atoms with Crippen LogP contribution in [0.15, 0.2) is 12.1 Å². The van der Waals surface area contributed by atoms with Gasteiger partial charge < -0.3 is 20.1 Å². The lowest BCUT2D eigenvalue weighted by molar-refractivity contribution is -0.135. The molecular formula is C12H21N3O4. The molecule has 1 aliphatic rings. The Morgan fingerprint density at radius 1 is 1.47 bits per heavy atom. The molecule has 0 saturated carbocycles. The summed E-state index contributed by atoms with van der Waals surface area (Å²) in [5, 5.41) is 5.59. The highest BCUT2D eigenvalue weighted by Gasteiger charge is 2.25. The first-order valence-electron chi connectivity index (χ1n) is 6.06. The summed E-state index contributed by atoms with van der Waals surface area (Å²) in [7, 11) is 1.44. The summed E-state index contributed by atoms with van der Waals surface area (Å²) >= 11 is 0. The maximum absolute atomic E-state index is 11.8. The van der Waals surface area contributed by atoms with Gasteiger partial charge in [-0.1, -0.05) is 0 Å². The summed E-state index contributed by atoms with van der Waals surface area (Å²) in [6.07, 6.45) is 0.900. The summed E-state index contributed by atoms with van der Waals surface area (Å²) in [4.78, 5) is 24.9. The van der Waals surface area contributed by atoms with Crippen LogP contribution in [0.3, 0.4) is 0 Å². The highest BCUT2D eigenvalue weighted by molar-refractivity contribution is 5.80. The van der Waals surface area contributed by atoms with Crippen LogP contribution in [0.2, 0.25) is 0 Å². The molecule has 0 bridgehead atoms. The summed E-state index contributed by atoms with van der Waals surface area (Å²) in [5.41, 5.74) is -0.402. The van der Waals surface area contributed by atoms with E-state index in [-0.39, 0.29) is 18.4 Å². The molecule has 7 heteroatoms. The number of nitrogens with zero attached hydrogens (tertiary/aromatic N) is 1. The number of ether oxygens (including phenoxy) is 2. The molecule has 0 radical (unpaired) electrons. The second kappa shape index (κ2) is 6.42. The van der Waals surface area contributed by atoms with Gasteiger partial charge in [0.1, 0.15) is 6.61 Å². The normalized spacial score (nSPS) is 15.4. The molecule has 19 heavy (non-hydrogen) atoms. The van der Waals surface area contributed by atoms with Crippen molar-refractivity contribution in [3.05, 3.63) is 12.1 Å². The Kier molecular flexibility index (Phi) is 5.17. The van der Waals surface area contributed by atoms with Crippen LogP contribution < -0.4 is 10.6 Å². The van der Waals surface area contributed by atoms with E-state index in [4.69, 9.17) is 9.47 Å². The highest BCUT2D eigenvalue weighted by Crippen LogP contribution is 2.10. The Balaban J connectivity index is 2.65. The van der Waals surface area contributed by atoms with Gasteiger partial charge >= 0.3 is 6.09 Å². The molecule has 0 aromatic heterocycles. The van der Waals surface area contributed by atoms with Gasteiger partial charge in [0.15, 0.2) is 0 Å². The fraction of sp³-hybridized carbons (Fsp3) is 0.667. The number of hydrogen-bond donors (Lipinski definition) is 2. The first-order valence-corrected chi connectivity index (χ1v) is 6.06. The van der Waals surface area contributed by atoms with Crippen molar-refractivity contribution in [1.82, 2.24) is 15.5 Å². The Labute approximate surface area is 112 Å². The van der Waals surface area contributed by atoms with Crippen LogP contribution in [-0.4, -0.2) is 49.2 Å². The lowest BCUT2D eigenvalue weighted by Gasteiger charge is -2.29. The predicted octanol–water partition coefficient (Wildman–Crippen LogP) is 0.388. The van der Waals surface area contributed by atoms with Gasteiger partial charge in [-0.05, 0) is 20.8 Å². The zero-order valence-electron chi connectivity index (χ0n) is 11.8. The molecule has 0 aromatic carbocycles. The van der Waals surface area contributed by atoms with Crippen LogP contribution in [-0.2, 0) is 14.3 Å². The number of alkyl carbamates (subject to hydrolysis) is 1. The van der Waals surface area contributed by atoms with Crippen LogP contribution in [0, 0.1) is 0 Å². The lowest BCUT2D eigenvalue weighted by Crippen LogP contribution is -2.46. The molecule has 108 valence electrons. The number of nitrogens with one attached hydrogen (secondary N) is 2. The van der Waals surface area contributed by atoms with E-state index in [9.17, 15) is 9.59 Å². The Hall–Kier alpha value is -1.76. The molecule has 7 nitrogen and oxygen atoms in total. The van der Waals surface area contributed by atoms with Crippen LogP contribution >= 0.6 is 0 Å². The second-order valence-electron chi connectivity index (χ2n) is 5.18. The number of carbonyl (C=O) groups excluding carboxylic acids is 2. The topological polar surface area (TPSA) is 79.9 Å². The van der Waals surface area contributed by atoms with E-state index < -0.39 is 11.6 Å². The van der Waals surface area contributed by atoms with Crippen molar-refractivity contribution in [2.45, 2.75) is 26.3 Å². The van der Waals surface area contributed by atoms with Crippen molar-refractivity contribution in [1.29, 1.82) is 0 Å². The number of carbonyl (C=O) groups is 2. The van der Waals surface area contributed by atoms with Crippen molar-refractivity contribution in [3.63, 3.8) is 0 Å². The molecule has 0 unspecified atom stereocenters. The standard InChI is InChI=1S/C12H21N3O4/c1-12(2,3)14-11(17)19-10-7-13-5-6-15(10)9(16)8-18-4/h7,13H,5-6,8H2,1-4H3,(H,14,17). The largest absolute Gasteiger partial charge is 0.414 e. The summed E-state index contributed by atoms with van der Waals surface area (Å²) in [6, 6.07) is 0. The van der Waals surface area contributed by atoms with Crippen LogP contribution in [0.4, 0.5) is 4.79 Å². The Bertz CT molecular complexity index is 374. The minimum Gasteiger partial charge on any atom is -0.391 e. The zero-order chi connectivity index (χ0) is 14.5. The van der Waals surface area contributed by atoms with Crippen molar-refractivity contribution in [2.75, 3.05) is 26.8 Å². The summed E-state index contributed by atoms with van der Waals surface area (Å²) in [5.74, 6) is -0.0751. The van der Waals surface area contributed by atoms with Crippen LogP contribution in [0.1, 0.15) is 20.8 Å². The van der Waals surface area contributed by atoms with Gasteiger partial charge in [0.25, 0.3) is 5.91 Å². The van der Waals surface area contributed by atoms with E-state index in [0.717, 1.165) is 0 Å². The minimum atomic E-state index is -0.599. The summed E-state index contributed by atoms with van der Waals surface area (Å²) < 4.78 is 9.94. The van der Waals surface area contributed by atoms with E-state index >= 15 is 0 Å². The van der Waals surface area contributed by atoms with Gasteiger partial charge in [0.05, 0.1) is 6.20 Å². The molecule has 1 rings (SSSR count). The van der Waals surface area contributed by atoms with Gasteiger partial charge in [-0.25, -0.2) is 4.79 Å². The highest BCUT2D eigenvalue weighted by atomic mass is 16.6. The monoisotopic (exact) mass is 271 g/mol. The van der Waals surface area contributed by atoms with Crippen molar-refractivity contribution in [2.24, 2.45) is 0 Å². The third kappa shape index (κ3) is 5.17. The maximum atomic E-state index is 11.8. The number of methoxy groups -OCH3 is 1. The van der Waals surface area contributed by atoms with Gasteiger partial charge in [0, 0.05) is 25.7 Å². The first-order chi connectivity index (χ1) is 8.83. The molecule has 0 fully saturated rings. The quantitative estimate of drug-likeness (QED) is 0.776. The van der Waals surface area contributed by atoms with Crippen molar-refractivity contribution < 1.29 is 19.1 Å². The van der Waals surface area contributed by atoms with Gasteiger partial charge in [-0.2, -0.15) is 0 Å². The average molecular weight is 271 g/mol. The van der Waals surface area contributed by atoms with Gasteiger partial charge in [-0.15, -0.1) is 0 Å². The number of hydrogen-bond acceptors (Lipinski definition) is 5. The molecule has 1 aliphatic heterocycles.